The van der Waals surface area contributed by atoms with Gasteiger partial charge in [-0.3, -0.25) is 9.59 Å². The number of carboxylic acids is 1. The highest BCUT2D eigenvalue weighted by atomic mass is 35.5. The first-order valence-corrected chi connectivity index (χ1v) is 8.00. The Morgan fingerprint density at radius 2 is 2.00 bits per heavy atom. The Balaban J connectivity index is 1.75. The predicted molar refractivity (Wildman–Crippen MR) is 87.0 cm³/mol. The van der Waals surface area contributed by atoms with Crippen molar-refractivity contribution < 1.29 is 24.2 Å². The van der Waals surface area contributed by atoms with Crippen molar-refractivity contribution in [3.63, 3.8) is 0 Å². The van der Waals surface area contributed by atoms with Crippen LogP contribution in [0.1, 0.15) is 23.2 Å². The molecule has 1 aliphatic rings. The number of nitrogens with zero attached hydrogens (tertiary/aromatic N) is 1. The summed E-state index contributed by atoms with van der Waals surface area (Å²) in [5.41, 5.74) is 0.491. The van der Waals surface area contributed by atoms with Gasteiger partial charge in [-0.25, -0.2) is 4.79 Å². The molecular formula is C16H19ClN2O5. The number of aliphatic carboxylic acids is 1. The number of carbonyl (C=O) groups is 3. The van der Waals surface area contributed by atoms with Gasteiger partial charge in [-0.15, -0.1) is 0 Å². The molecule has 1 saturated heterocycles. The molecule has 2 N–H and O–H groups in total. The van der Waals surface area contributed by atoms with Crippen molar-refractivity contribution in [1.29, 1.82) is 0 Å². The summed E-state index contributed by atoms with van der Waals surface area (Å²) < 4.78 is 5.10. The molecule has 0 bridgehead atoms. The van der Waals surface area contributed by atoms with Crippen LogP contribution in [-0.4, -0.2) is 60.1 Å². The van der Waals surface area contributed by atoms with Crippen LogP contribution in [0.5, 0.6) is 0 Å². The Kier molecular flexibility index (Phi) is 6.57. The minimum Gasteiger partial charge on any atom is -0.480 e. The van der Waals surface area contributed by atoms with Crippen LogP contribution in [0.15, 0.2) is 24.3 Å². The predicted octanol–water partition coefficient (Wildman–Crippen LogP) is 1.16. The monoisotopic (exact) mass is 354 g/mol. The number of benzene rings is 1. The number of hydrogen-bond donors (Lipinski definition) is 2. The summed E-state index contributed by atoms with van der Waals surface area (Å²) in [5, 5.41) is 12.4. The zero-order valence-electron chi connectivity index (χ0n) is 13.0. The molecule has 1 heterocycles. The van der Waals surface area contributed by atoms with Crippen LogP contribution >= 0.6 is 11.6 Å². The SMILES string of the molecule is O=C(NCCCC(=O)N1CCOCC1C(=O)O)c1ccc(Cl)cc1. The van der Waals surface area contributed by atoms with E-state index in [4.69, 9.17) is 21.4 Å². The van der Waals surface area contributed by atoms with Gasteiger partial charge in [-0.1, -0.05) is 11.6 Å². The van der Waals surface area contributed by atoms with Gasteiger partial charge in [0.25, 0.3) is 5.91 Å². The lowest BCUT2D eigenvalue weighted by atomic mass is 10.2. The van der Waals surface area contributed by atoms with E-state index in [2.05, 4.69) is 5.32 Å². The van der Waals surface area contributed by atoms with Crippen molar-refractivity contribution in [2.24, 2.45) is 0 Å². The van der Waals surface area contributed by atoms with Gasteiger partial charge < -0.3 is 20.1 Å². The number of nitrogens with one attached hydrogen (secondary N) is 1. The quantitative estimate of drug-likeness (QED) is 0.747. The van der Waals surface area contributed by atoms with Gasteiger partial charge in [0, 0.05) is 30.1 Å². The van der Waals surface area contributed by atoms with Crippen molar-refractivity contribution >= 4 is 29.4 Å². The van der Waals surface area contributed by atoms with Crippen molar-refractivity contribution in [2.45, 2.75) is 18.9 Å². The second-order valence-corrected chi connectivity index (χ2v) is 5.82. The van der Waals surface area contributed by atoms with Crippen molar-refractivity contribution in [2.75, 3.05) is 26.3 Å². The molecule has 8 heteroatoms. The molecule has 1 fully saturated rings. The Bertz CT molecular complexity index is 605. The molecule has 2 rings (SSSR count). The van der Waals surface area contributed by atoms with E-state index < -0.39 is 12.0 Å². The van der Waals surface area contributed by atoms with Crippen LogP contribution in [0.4, 0.5) is 0 Å². The molecule has 0 aliphatic carbocycles. The summed E-state index contributed by atoms with van der Waals surface area (Å²) in [6.45, 7) is 0.944. The number of morpholine rings is 1. The van der Waals surface area contributed by atoms with Crippen LogP contribution in [0.3, 0.4) is 0 Å². The summed E-state index contributed by atoms with van der Waals surface area (Å²) in [5.74, 6) is -1.56. The molecule has 7 nitrogen and oxygen atoms in total. The highest BCUT2D eigenvalue weighted by molar-refractivity contribution is 6.30. The molecule has 1 aliphatic heterocycles. The van der Waals surface area contributed by atoms with E-state index in [9.17, 15) is 14.4 Å². The summed E-state index contributed by atoms with van der Waals surface area (Å²) in [6, 6.07) is 5.56. The number of rotatable bonds is 6. The van der Waals surface area contributed by atoms with E-state index in [1.54, 1.807) is 24.3 Å². The number of carboxylic acid groups (broad SMARTS) is 1. The average molecular weight is 355 g/mol. The molecule has 0 spiro atoms. The maximum atomic E-state index is 12.1. The molecular weight excluding hydrogens is 336 g/mol. The molecule has 130 valence electrons. The Morgan fingerprint density at radius 1 is 1.29 bits per heavy atom. The lowest BCUT2D eigenvalue weighted by molar-refractivity contribution is -0.158. The molecule has 0 aromatic heterocycles. The number of carbonyl (C=O) groups excluding carboxylic acids is 2. The van der Waals surface area contributed by atoms with E-state index in [1.807, 2.05) is 0 Å². The van der Waals surface area contributed by atoms with Gasteiger partial charge in [0.15, 0.2) is 6.04 Å². The summed E-state index contributed by atoms with van der Waals surface area (Å²) in [6.07, 6.45) is 0.604. The van der Waals surface area contributed by atoms with E-state index in [1.165, 1.54) is 4.90 Å². The summed E-state index contributed by atoms with van der Waals surface area (Å²) in [7, 11) is 0. The zero-order valence-corrected chi connectivity index (χ0v) is 13.8. The van der Waals surface area contributed by atoms with Gasteiger partial charge in [0.1, 0.15) is 0 Å². The Hall–Kier alpha value is -2.12. The molecule has 2 amide bonds. The molecule has 24 heavy (non-hydrogen) atoms. The lowest BCUT2D eigenvalue weighted by Crippen LogP contribution is -2.52. The van der Waals surface area contributed by atoms with Crippen LogP contribution in [0, 0.1) is 0 Å². The Morgan fingerprint density at radius 3 is 2.67 bits per heavy atom. The van der Waals surface area contributed by atoms with Gasteiger partial charge >= 0.3 is 5.97 Å². The van der Waals surface area contributed by atoms with E-state index in [0.29, 0.717) is 30.2 Å². The third-order valence-corrected chi connectivity index (χ3v) is 3.95. The normalized spacial score (nSPS) is 17.4. The van der Waals surface area contributed by atoms with Gasteiger partial charge in [-0.05, 0) is 30.7 Å². The van der Waals surface area contributed by atoms with Crippen molar-refractivity contribution in [1.82, 2.24) is 10.2 Å². The summed E-state index contributed by atoms with van der Waals surface area (Å²) >= 11 is 5.76. The van der Waals surface area contributed by atoms with Crippen LogP contribution in [-0.2, 0) is 14.3 Å². The third kappa shape index (κ3) is 4.94. The summed E-state index contributed by atoms with van der Waals surface area (Å²) in [4.78, 5) is 36.5. The first-order chi connectivity index (χ1) is 11.5. The van der Waals surface area contributed by atoms with E-state index in [-0.39, 0.29) is 31.4 Å². The average Bonchev–Trinajstić information content (AvgIpc) is 2.58. The molecule has 1 aromatic rings. The van der Waals surface area contributed by atoms with Crippen LogP contribution in [0.2, 0.25) is 5.02 Å². The molecule has 0 radical (unpaired) electrons. The van der Waals surface area contributed by atoms with Gasteiger partial charge in [0.05, 0.1) is 13.2 Å². The fourth-order valence-corrected chi connectivity index (χ4v) is 2.52. The largest absolute Gasteiger partial charge is 0.480 e. The fraction of sp³-hybridized carbons (Fsp3) is 0.438. The first-order valence-electron chi connectivity index (χ1n) is 7.63. The number of hydrogen-bond acceptors (Lipinski definition) is 4. The highest BCUT2D eigenvalue weighted by Gasteiger charge is 2.32. The topological polar surface area (TPSA) is 95.9 Å². The smallest absolute Gasteiger partial charge is 0.328 e. The van der Waals surface area contributed by atoms with Crippen molar-refractivity contribution in [3.8, 4) is 0 Å². The molecule has 1 atom stereocenters. The number of ether oxygens (including phenoxy) is 1. The first kappa shape index (κ1) is 18.2. The Labute approximate surface area is 144 Å². The fourth-order valence-electron chi connectivity index (χ4n) is 2.40. The minimum atomic E-state index is -1.07. The zero-order chi connectivity index (χ0) is 17.5. The minimum absolute atomic E-state index is 0.00831. The van der Waals surface area contributed by atoms with E-state index in [0.717, 1.165) is 0 Å². The molecule has 1 unspecified atom stereocenters. The second kappa shape index (κ2) is 8.65. The van der Waals surface area contributed by atoms with Crippen LogP contribution in [0.25, 0.3) is 0 Å². The standard InChI is InChI=1S/C16H19ClN2O5/c17-12-5-3-11(4-6-12)15(21)18-7-1-2-14(20)19-8-9-24-10-13(19)16(22)23/h3-6,13H,1-2,7-10H2,(H,18,21)(H,22,23). The van der Waals surface area contributed by atoms with Gasteiger partial charge in [0.2, 0.25) is 5.91 Å². The van der Waals surface area contributed by atoms with E-state index >= 15 is 0 Å². The van der Waals surface area contributed by atoms with Gasteiger partial charge in [-0.2, -0.15) is 0 Å². The number of halogens is 1. The second-order valence-electron chi connectivity index (χ2n) is 5.38. The lowest BCUT2D eigenvalue weighted by Gasteiger charge is -2.32. The maximum absolute atomic E-state index is 12.1. The third-order valence-electron chi connectivity index (χ3n) is 3.69. The molecule has 1 aromatic carbocycles. The maximum Gasteiger partial charge on any atom is 0.328 e. The van der Waals surface area contributed by atoms with Crippen LogP contribution < -0.4 is 5.32 Å². The highest BCUT2D eigenvalue weighted by Crippen LogP contribution is 2.11. The van der Waals surface area contributed by atoms with Crippen molar-refractivity contribution in [3.05, 3.63) is 34.9 Å². The number of amides is 2. The molecule has 0 saturated carbocycles.